The van der Waals surface area contributed by atoms with E-state index in [1.54, 1.807) is 24.5 Å². The highest BCUT2D eigenvalue weighted by Crippen LogP contribution is 2.01. The fourth-order valence-corrected chi connectivity index (χ4v) is 1.51. The topological polar surface area (TPSA) is 98.7 Å². The van der Waals surface area contributed by atoms with Gasteiger partial charge >= 0.3 is 0 Å². The van der Waals surface area contributed by atoms with Gasteiger partial charge in [-0.15, -0.1) is 10.2 Å². The summed E-state index contributed by atoms with van der Waals surface area (Å²) in [5.41, 5.74) is 5.80. The number of nitrogens with two attached hydrogens (primary N) is 1. The van der Waals surface area contributed by atoms with Crippen LogP contribution < -0.4 is 11.1 Å². The average Bonchev–Trinajstić information content (AvgIpc) is 2.83. The average molecular weight is 246 g/mol. The van der Waals surface area contributed by atoms with Crippen LogP contribution in [-0.4, -0.2) is 25.7 Å². The lowest BCUT2D eigenvalue weighted by Gasteiger charge is -2.05. The van der Waals surface area contributed by atoms with Crippen LogP contribution in [-0.2, 0) is 13.1 Å². The molecule has 2 rings (SSSR count). The third-order valence-corrected chi connectivity index (χ3v) is 2.45. The van der Waals surface area contributed by atoms with Gasteiger partial charge in [0, 0.05) is 6.54 Å². The predicted octanol–water partition coefficient (Wildman–Crippen LogP) is 0.205. The number of carbonyl (C=O) groups excluding carboxylic acids is 1. The van der Waals surface area contributed by atoms with Crippen LogP contribution in [0.15, 0.2) is 24.5 Å². The molecule has 0 saturated heterocycles. The van der Waals surface area contributed by atoms with Gasteiger partial charge in [-0.1, -0.05) is 6.07 Å². The Balaban J connectivity index is 2.00. The minimum absolute atomic E-state index is 0.284. The Hall–Kier alpha value is -2.44. The van der Waals surface area contributed by atoms with Crippen LogP contribution >= 0.6 is 0 Å². The molecule has 0 aliphatic rings. The van der Waals surface area contributed by atoms with Crippen LogP contribution in [0.3, 0.4) is 0 Å². The first kappa shape index (κ1) is 12.0. The minimum atomic E-state index is -0.284. The molecule has 0 radical (unpaired) electrons. The maximum atomic E-state index is 11.8. The molecule has 2 heterocycles. The van der Waals surface area contributed by atoms with Crippen molar-refractivity contribution in [3.8, 4) is 0 Å². The Labute approximate surface area is 104 Å². The number of aryl methyl sites for hydroxylation is 1. The monoisotopic (exact) mass is 246 g/mol. The van der Waals surface area contributed by atoms with Crippen LogP contribution in [0.25, 0.3) is 0 Å². The predicted molar refractivity (Wildman–Crippen MR) is 65.5 cm³/mol. The number of anilines is 1. The van der Waals surface area contributed by atoms with E-state index in [0.29, 0.717) is 18.2 Å². The molecule has 0 bridgehead atoms. The number of nitrogen functional groups attached to an aromatic ring is 1. The Bertz CT molecular complexity index is 550. The van der Waals surface area contributed by atoms with Gasteiger partial charge in [-0.25, -0.2) is 4.98 Å². The molecular weight excluding hydrogens is 232 g/mol. The first-order valence-corrected chi connectivity index (χ1v) is 5.58. The van der Waals surface area contributed by atoms with E-state index in [4.69, 9.17) is 5.73 Å². The number of rotatable bonds is 4. The maximum Gasteiger partial charge on any atom is 0.270 e. The van der Waals surface area contributed by atoms with E-state index in [1.807, 2.05) is 11.5 Å². The zero-order valence-electron chi connectivity index (χ0n) is 10.00. The highest BCUT2D eigenvalue weighted by molar-refractivity contribution is 5.92. The van der Waals surface area contributed by atoms with E-state index in [-0.39, 0.29) is 11.6 Å². The SMILES string of the molecule is CCn1cnnc1CNC(=O)c1cccc(N)n1. The van der Waals surface area contributed by atoms with E-state index in [2.05, 4.69) is 20.5 Å². The van der Waals surface area contributed by atoms with Crippen LogP contribution in [0, 0.1) is 0 Å². The van der Waals surface area contributed by atoms with Gasteiger partial charge in [-0.05, 0) is 19.1 Å². The summed E-state index contributed by atoms with van der Waals surface area (Å²) >= 11 is 0. The lowest BCUT2D eigenvalue weighted by atomic mass is 10.3. The first-order chi connectivity index (χ1) is 8.70. The zero-order chi connectivity index (χ0) is 13.0. The van der Waals surface area contributed by atoms with Crippen molar-refractivity contribution in [1.29, 1.82) is 0 Å². The quantitative estimate of drug-likeness (QED) is 0.803. The van der Waals surface area contributed by atoms with Crippen LogP contribution in [0.4, 0.5) is 5.82 Å². The van der Waals surface area contributed by atoms with Gasteiger partial charge < -0.3 is 15.6 Å². The normalized spacial score (nSPS) is 10.3. The molecule has 2 aromatic rings. The first-order valence-electron chi connectivity index (χ1n) is 5.58. The summed E-state index contributed by atoms with van der Waals surface area (Å²) < 4.78 is 1.85. The fraction of sp³-hybridized carbons (Fsp3) is 0.273. The van der Waals surface area contributed by atoms with Crippen LogP contribution in [0.2, 0.25) is 0 Å². The Morgan fingerprint density at radius 2 is 2.33 bits per heavy atom. The van der Waals surface area contributed by atoms with Gasteiger partial charge in [0.25, 0.3) is 5.91 Å². The van der Waals surface area contributed by atoms with Gasteiger partial charge in [0.2, 0.25) is 0 Å². The lowest BCUT2D eigenvalue weighted by molar-refractivity contribution is 0.0944. The molecule has 0 fully saturated rings. The molecule has 0 unspecified atom stereocenters. The summed E-state index contributed by atoms with van der Waals surface area (Å²) in [5, 5.41) is 10.4. The maximum absolute atomic E-state index is 11.8. The number of hydrogen-bond donors (Lipinski definition) is 2. The number of nitrogens with zero attached hydrogens (tertiary/aromatic N) is 4. The molecule has 0 aliphatic carbocycles. The smallest absolute Gasteiger partial charge is 0.270 e. The Kier molecular flexibility index (Phi) is 3.52. The molecule has 0 aromatic carbocycles. The third kappa shape index (κ3) is 2.62. The Morgan fingerprint density at radius 1 is 1.50 bits per heavy atom. The third-order valence-electron chi connectivity index (χ3n) is 2.45. The zero-order valence-corrected chi connectivity index (χ0v) is 10.00. The number of nitrogens with one attached hydrogen (secondary N) is 1. The molecule has 0 spiro atoms. The minimum Gasteiger partial charge on any atom is -0.384 e. The van der Waals surface area contributed by atoms with Crippen LogP contribution in [0.5, 0.6) is 0 Å². The van der Waals surface area contributed by atoms with Crippen molar-refractivity contribution >= 4 is 11.7 Å². The highest BCUT2D eigenvalue weighted by Gasteiger charge is 2.09. The van der Waals surface area contributed by atoms with Gasteiger partial charge in [0.15, 0.2) is 5.82 Å². The van der Waals surface area contributed by atoms with Crippen molar-refractivity contribution < 1.29 is 4.79 Å². The van der Waals surface area contributed by atoms with Gasteiger partial charge in [-0.3, -0.25) is 4.79 Å². The van der Waals surface area contributed by atoms with Crippen molar-refractivity contribution in [2.75, 3.05) is 5.73 Å². The fourth-order valence-electron chi connectivity index (χ4n) is 1.51. The summed E-state index contributed by atoms with van der Waals surface area (Å²) in [7, 11) is 0. The highest BCUT2D eigenvalue weighted by atomic mass is 16.1. The van der Waals surface area contributed by atoms with Crippen molar-refractivity contribution in [2.24, 2.45) is 0 Å². The number of aromatic nitrogens is 4. The standard InChI is InChI=1S/C11H14N6O/c1-2-17-7-14-16-10(17)6-13-11(18)8-4-3-5-9(12)15-8/h3-5,7H,2,6H2,1H3,(H2,12,15)(H,13,18). The summed E-state index contributed by atoms with van der Waals surface area (Å²) in [6, 6.07) is 4.92. The molecular formula is C11H14N6O. The summed E-state index contributed by atoms with van der Waals surface area (Å²) in [6.07, 6.45) is 1.63. The second-order valence-electron chi connectivity index (χ2n) is 3.66. The number of carbonyl (C=O) groups is 1. The summed E-state index contributed by atoms with van der Waals surface area (Å²) in [6.45, 7) is 3.05. The summed E-state index contributed by atoms with van der Waals surface area (Å²) in [4.78, 5) is 15.7. The molecule has 2 aromatic heterocycles. The van der Waals surface area contributed by atoms with E-state index >= 15 is 0 Å². The molecule has 18 heavy (non-hydrogen) atoms. The van der Waals surface area contributed by atoms with Crippen molar-refractivity contribution in [3.63, 3.8) is 0 Å². The van der Waals surface area contributed by atoms with Gasteiger partial charge in [0.1, 0.15) is 17.8 Å². The number of hydrogen-bond acceptors (Lipinski definition) is 5. The molecule has 0 saturated carbocycles. The second kappa shape index (κ2) is 5.26. The van der Waals surface area contributed by atoms with E-state index in [9.17, 15) is 4.79 Å². The van der Waals surface area contributed by atoms with E-state index < -0.39 is 0 Å². The molecule has 0 atom stereocenters. The molecule has 3 N–H and O–H groups in total. The van der Waals surface area contributed by atoms with Crippen molar-refractivity contribution in [3.05, 3.63) is 36.0 Å². The molecule has 7 nitrogen and oxygen atoms in total. The molecule has 94 valence electrons. The summed E-state index contributed by atoms with van der Waals surface area (Å²) in [5.74, 6) is 0.738. The lowest BCUT2D eigenvalue weighted by Crippen LogP contribution is -2.25. The second-order valence-corrected chi connectivity index (χ2v) is 3.66. The molecule has 0 aliphatic heterocycles. The Morgan fingerprint density at radius 3 is 3.06 bits per heavy atom. The van der Waals surface area contributed by atoms with Gasteiger partial charge in [0.05, 0.1) is 6.54 Å². The van der Waals surface area contributed by atoms with E-state index in [1.165, 1.54) is 0 Å². The van der Waals surface area contributed by atoms with Crippen LogP contribution in [0.1, 0.15) is 23.2 Å². The van der Waals surface area contributed by atoms with E-state index in [0.717, 1.165) is 6.54 Å². The molecule has 1 amide bonds. The molecule has 7 heteroatoms. The largest absolute Gasteiger partial charge is 0.384 e. The van der Waals surface area contributed by atoms with Crippen molar-refractivity contribution in [2.45, 2.75) is 20.0 Å². The van der Waals surface area contributed by atoms with Crippen molar-refractivity contribution in [1.82, 2.24) is 25.1 Å². The number of amides is 1. The van der Waals surface area contributed by atoms with Gasteiger partial charge in [-0.2, -0.15) is 0 Å². The number of pyridine rings is 1.